The van der Waals surface area contributed by atoms with Gasteiger partial charge in [-0.15, -0.1) is 0 Å². The summed E-state index contributed by atoms with van der Waals surface area (Å²) in [6.07, 6.45) is 1.04. The Hall–Kier alpha value is -1.02. The molecule has 0 spiro atoms. The van der Waals surface area contributed by atoms with E-state index in [4.69, 9.17) is 11.6 Å². The van der Waals surface area contributed by atoms with Gasteiger partial charge in [-0.2, -0.15) is 5.10 Å². The Bertz CT molecular complexity index is 410. The first-order valence-corrected chi connectivity index (χ1v) is 5.50. The number of rotatable bonds is 1. The van der Waals surface area contributed by atoms with E-state index in [0.29, 0.717) is 5.92 Å². The lowest BCUT2D eigenvalue weighted by Gasteiger charge is -2.10. The quantitative estimate of drug-likeness (QED) is 0.668. The van der Waals surface area contributed by atoms with Gasteiger partial charge in [0, 0.05) is 30.6 Å². The van der Waals surface area contributed by atoms with Crippen LogP contribution in [-0.2, 0) is 6.42 Å². The molecule has 15 heavy (non-hydrogen) atoms. The predicted octanol–water partition coefficient (Wildman–Crippen LogP) is 2.80. The Morgan fingerprint density at radius 3 is 2.80 bits per heavy atom. The van der Waals surface area contributed by atoms with E-state index in [-0.39, 0.29) is 0 Å². The smallest absolute Gasteiger partial charge is 0.0711 e. The minimum Gasteiger partial charge on any atom is -0.303 e. The highest BCUT2D eigenvalue weighted by molar-refractivity contribution is 6.30. The van der Waals surface area contributed by atoms with Crippen LogP contribution in [0.1, 0.15) is 18.1 Å². The maximum absolute atomic E-state index is 5.97. The van der Waals surface area contributed by atoms with Crippen molar-refractivity contribution >= 4 is 17.3 Å². The van der Waals surface area contributed by atoms with E-state index < -0.39 is 0 Å². The molecule has 1 aromatic carbocycles. The molecule has 3 heteroatoms. The summed E-state index contributed by atoms with van der Waals surface area (Å²) < 4.78 is 0. The first-order chi connectivity index (χ1) is 7.08. The van der Waals surface area contributed by atoms with E-state index in [9.17, 15) is 0 Å². The van der Waals surface area contributed by atoms with Gasteiger partial charge in [-0.25, -0.2) is 0 Å². The predicted molar refractivity (Wildman–Crippen MR) is 64.5 cm³/mol. The molecule has 0 radical (unpaired) electrons. The van der Waals surface area contributed by atoms with E-state index in [1.807, 2.05) is 31.2 Å². The number of hydrogen-bond acceptors (Lipinski definition) is 2. The standard InChI is InChI=1S/C12H15ClN2/c1-8-6-9-7-10(13)4-5-11(9)12(8)14-15(2)3/h4-5,7-8H,6H2,1-3H3/b14-12-. The molecule has 1 unspecified atom stereocenters. The first kappa shape index (κ1) is 10.5. The number of benzene rings is 1. The molecular weight excluding hydrogens is 208 g/mol. The zero-order valence-electron chi connectivity index (χ0n) is 9.29. The zero-order valence-corrected chi connectivity index (χ0v) is 10.0. The maximum Gasteiger partial charge on any atom is 0.0711 e. The van der Waals surface area contributed by atoms with E-state index in [0.717, 1.165) is 11.4 Å². The van der Waals surface area contributed by atoms with Crippen molar-refractivity contribution in [2.45, 2.75) is 13.3 Å². The number of hydrogen-bond donors (Lipinski definition) is 0. The molecule has 2 nitrogen and oxygen atoms in total. The molecule has 0 saturated heterocycles. The molecule has 0 heterocycles. The van der Waals surface area contributed by atoms with Gasteiger partial charge in [-0.1, -0.05) is 24.6 Å². The largest absolute Gasteiger partial charge is 0.303 e. The van der Waals surface area contributed by atoms with Crippen molar-refractivity contribution in [2.75, 3.05) is 14.1 Å². The van der Waals surface area contributed by atoms with Crippen LogP contribution >= 0.6 is 11.6 Å². The molecule has 1 atom stereocenters. The van der Waals surface area contributed by atoms with Crippen molar-refractivity contribution in [2.24, 2.45) is 11.0 Å². The fraction of sp³-hybridized carbons (Fsp3) is 0.417. The average molecular weight is 223 g/mol. The second-order valence-corrected chi connectivity index (χ2v) is 4.68. The summed E-state index contributed by atoms with van der Waals surface area (Å²) in [6.45, 7) is 2.20. The van der Waals surface area contributed by atoms with E-state index >= 15 is 0 Å². The number of halogens is 1. The number of hydrazone groups is 1. The topological polar surface area (TPSA) is 15.6 Å². The van der Waals surface area contributed by atoms with Gasteiger partial charge in [0.15, 0.2) is 0 Å². The Morgan fingerprint density at radius 2 is 2.13 bits per heavy atom. The molecule has 0 bridgehead atoms. The molecule has 0 N–H and O–H groups in total. The van der Waals surface area contributed by atoms with Crippen LogP contribution in [0.2, 0.25) is 5.02 Å². The highest BCUT2D eigenvalue weighted by Gasteiger charge is 2.25. The minimum atomic E-state index is 0.487. The van der Waals surface area contributed by atoms with E-state index in [2.05, 4.69) is 18.1 Å². The molecule has 0 saturated carbocycles. The normalized spacial score (nSPS) is 21.9. The van der Waals surface area contributed by atoms with Crippen LogP contribution in [0.4, 0.5) is 0 Å². The Morgan fingerprint density at radius 1 is 1.40 bits per heavy atom. The maximum atomic E-state index is 5.97. The molecule has 0 amide bonds. The monoisotopic (exact) mass is 222 g/mol. The lowest BCUT2D eigenvalue weighted by Crippen LogP contribution is -2.13. The van der Waals surface area contributed by atoms with Crippen LogP contribution in [0.25, 0.3) is 0 Å². The molecule has 0 aromatic heterocycles. The van der Waals surface area contributed by atoms with Gasteiger partial charge in [0.05, 0.1) is 5.71 Å². The summed E-state index contributed by atoms with van der Waals surface area (Å²) in [6, 6.07) is 6.05. The molecule has 2 rings (SSSR count). The lowest BCUT2D eigenvalue weighted by atomic mass is 10.1. The molecular formula is C12H15ClN2. The third-order valence-electron chi connectivity index (χ3n) is 2.64. The van der Waals surface area contributed by atoms with Crippen LogP contribution in [-0.4, -0.2) is 24.8 Å². The summed E-state index contributed by atoms with van der Waals surface area (Å²) in [5, 5.41) is 7.20. The Labute approximate surface area is 95.5 Å². The first-order valence-electron chi connectivity index (χ1n) is 5.12. The van der Waals surface area contributed by atoms with Crippen molar-refractivity contribution in [3.8, 4) is 0 Å². The average Bonchev–Trinajstić information content (AvgIpc) is 2.41. The molecule has 1 aliphatic carbocycles. The van der Waals surface area contributed by atoms with Crippen LogP contribution in [0.3, 0.4) is 0 Å². The molecule has 80 valence electrons. The zero-order chi connectivity index (χ0) is 11.0. The van der Waals surface area contributed by atoms with E-state index in [1.165, 1.54) is 16.8 Å². The molecule has 0 fully saturated rings. The van der Waals surface area contributed by atoms with Gasteiger partial charge in [-0.3, -0.25) is 0 Å². The van der Waals surface area contributed by atoms with Crippen LogP contribution in [0, 0.1) is 5.92 Å². The van der Waals surface area contributed by atoms with Crippen LogP contribution in [0.15, 0.2) is 23.3 Å². The molecule has 0 aliphatic heterocycles. The molecule has 1 aliphatic rings. The fourth-order valence-corrected chi connectivity index (χ4v) is 2.24. The Balaban J connectivity index is 2.46. The number of nitrogens with zero attached hydrogens (tertiary/aromatic N) is 2. The van der Waals surface area contributed by atoms with E-state index in [1.54, 1.807) is 0 Å². The van der Waals surface area contributed by atoms with Crippen molar-refractivity contribution < 1.29 is 0 Å². The lowest BCUT2D eigenvalue weighted by molar-refractivity contribution is 0.434. The summed E-state index contributed by atoms with van der Waals surface area (Å²) in [5.74, 6) is 0.487. The summed E-state index contributed by atoms with van der Waals surface area (Å²) in [7, 11) is 3.90. The second-order valence-electron chi connectivity index (χ2n) is 4.24. The van der Waals surface area contributed by atoms with Crippen molar-refractivity contribution in [3.05, 3.63) is 34.3 Å². The molecule has 1 aromatic rings. The summed E-state index contributed by atoms with van der Waals surface area (Å²) >= 11 is 5.97. The Kier molecular flexibility index (Phi) is 2.70. The van der Waals surface area contributed by atoms with Gasteiger partial charge in [0.2, 0.25) is 0 Å². The second kappa shape index (κ2) is 3.86. The highest BCUT2D eigenvalue weighted by atomic mass is 35.5. The minimum absolute atomic E-state index is 0.487. The van der Waals surface area contributed by atoms with Gasteiger partial charge in [0.1, 0.15) is 0 Å². The van der Waals surface area contributed by atoms with Crippen LogP contribution in [0.5, 0.6) is 0 Å². The third kappa shape index (κ3) is 2.00. The van der Waals surface area contributed by atoms with Gasteiger partial charge in [0.25, 0.3) is 0 Å². The highest BCUT2D eigenvalue weighted by Crippen LogP contribution is 2.29. The van der Waals surface area contributed by atoms with Crippen molar-refractivity contribution in [1.82, 2.24) is 5.01 Å². The van der Waals surface area contributed by atoms with Crippen LogP contribution < -0.4 is 0 Å². The van der Waals surface area contributed by atoms with Crippen molar-refractivity contribution in [3.63, 3.8) is 0 Å². The summed E-state index contributed by atoms with van der Waals surface area (Å²) in [5.41, 5.74) is 3.74. The third-order valence-corrected chi connectivity index (χ3v) is 2.88. The van der Waals surface area contributed by atoms with Gasteiger partial charge in [-0.05, 0) is 24.1 Å². The van der Waals surface area contributed by atoms with Gasteiger partial charge >= 0.3 is 0 Å². The summed E-state index contributed by atoms with van der Waals surface area (Å²) in [4.78, 5) is 0. The van der Waals surface area contributed by atoms with Gasteiger partial charge < -0.3 is 5.01 Å². The SMILES string of the molecule is CC1Cc2cc(Cl)ccc2/C1=N\N(C)C. The number of fused-ring (bicyclic) bond motifs is 1. The van der Waals surface area contributed by atoms with Crippen molar-refractivity contribution in [1.29, 1.82) is 0 Å². The fourth-order valence-electron chi connectivity index (χ4n) is 2.04.